The highest BCUT2D eigenvalue weighted by Gasteiger charge is 2.53. The van der Waals surface area contributed by atoms with Crippen LogP contribution in [0.1, 0.15) is 27.7 Å². The van der Waals surface area contributed by atoms with Crippen LogP contribution >= 0.6 is 0 Å². The number of carbonyl (C=O) groups excluding carboxylic acids is 2. The van der Waals surface area contributed by atoms with Crippen LogP contribution in [0.25, 0.3) is 0 Å². The van der Waals surface area contributed by atoms with Crippen molar-refractivity contribution in [2.24, 2.45) is 5.41 Å². The number of halogens is 2. The van der Waals surface area contributed by atoms with Crippen molar-refractivity contribution in [1.29, 1.82) is 0 Å². The van der Waals surface area contributed by atoms with Crippen molar-refractivity contribution in [2.45, 2.75) is 39.7 Å². The summed E-state index contributed by atoms with van der Waals surface area (Å²) < 4.78 is 34.4. The third-order valence-corrected chi connectivity index (χ3v) is 1.87. The Labute approximate surface area is 92.9 Å². The van der Waals surface area contributed by atoms with Gasteiger partial charge in [-0.3, -0.25) is 9.59 Å². The van der Waals surface area contributed by atoms with Gasteiger partial charge in [-0.05, 0) is 27.7 Å². The molecule has 0 aromatic heterocycles. The second-order valence-electron chi connectivity index (χ2n) is 4.50. The first kappa shape index (κ1) is 14.8. The van der Waals surface area contributed by atoms with Gasteiger partial charge in [0.1, 0.15) is 5.60 Å². The van der Waals surface area contributed by atoms with Gasteiger partial charge in [-0.25, -0.2) is 8.78 Å². The van der Waals surface area contributed by atoms with E-state index in [-0.39, 0.29) is 0 Å². The van der Waals surface area contributed by atoms with Crippen LogP contribution in [0.5, 0.6) is 0 Å². The van der Waals surface area contributed by atoms with Crippen LogP contribution in [-0.4, -0.2) is 31.1 Å². The van der Waals surface area contributed by atoms with E-state index in [1.54, 1.807) is 0 Å². The summed E-state index contributed by atoms with van der Waals surface area (Å²) in [6, 6.07) is 0. The number of hydrogen-bond donors (Lipinski definition) is 0. The Hall–Kier alpha value is -1.20. The molecule has 0 bridgehead atoms. The third kappa shape index (κ3) is 3.15. The van der Waals surface area contributed by atoms with E-state index >= 15 is 0 Å². The number of methoxy groups -OCH3 is 1. The zero-order chi connectivity index (χ0) is 13.1. The minimum atomic E-state index is -3.19. The van der Waals surface area contributed by atoms with Crippen LogP contribution in [0.15, 0.2) is 0 Å². The van der Waals surface area contributed by atoms with E-state index in [0.29, 0.717) is 0 Å². The van der Waals surface area contributed by atoms with Crippen LogP contribution in [0.3, 0.4) is 0 Å². The maximum Gasteiger partial charge on any atom is 0.329 e. The van der Waals surface area contributed by atoms with Crippen molar-refractivity contribution in [1.82, 2.24) is 0 Å². The highest BCUT2D eigenvalue weighted by Crippen LogP contribution is 2.30. The summed E-state index contributed by atoms with van der Waals surface area (Å²) in [6.07, 6.45) is -3.19. The van der Waals surface area contributed by atoms with Gasteiger partial charge >= 0.3 is 11.9 Å². The van der Waals surface area contributed by atoms with Crippen molar-refractivity contribution in [3.63, 3.8) is 0 Å². The van der Waals surface area contributed by atoms with E-state index in [0.717, 1.165) is 14.0 Å². The van der Waals surface area contributed by atoms with E-state index in [4.69, 9.17) is 4.74 Å². The molecule has 4 nitrogen and oxygen atoms in total. The van der Waals surface area contributed by atoms with Crippen molar-refractivity contribution < 1.29 is 27.8 Å². The maximum atomic E-state index is 12.7. The van der Waals surface area contributed by atoms with Gasteiger partial charge < -0.3 is 9.47 Å². The second kappa shape index (κ2) is 4.76. The van der Waals surface area contributed by atoms with Gasteiger partial charge in [-0.15, -0.1) is 0 Å². The van der Waals surface area contributed by atoms with E-state index in [9.17, 15) is 18.4 Å². The average molecular weight is 238 g/mol. The largest absolute Gasteiger partial charge is 0.468 e. The Morgan fingerprint density at radius 1 is 1.06 bits per heavy atom. The lowest BCUT2D eigenvalue weighted by Crippen LogP contribution is -2.47. The molecule has 0 spiro atoms. The van der Waals surface area contributed by atoms with Gasteiger partial charge in [-0.2, -0.15) is 0 Å². The van der Waals surface area contributed by atoms with Crippen molar-refractivity contribution in [3.8, 4) is 0 Å². The minimum absolute atomic E-state index is 0.803. The quantitative estimate of drug-likeness (QED) is 0.555. The van der Waals surface area contributed by atoms with Crippen molar-refractivity contribution in [3.05, 3.63) is 0 Å². The molecule has 0 amide bonds. The highest BCUT2D eigenvalue weighted by atomic mass is 19.3. The van der Waals surface area contributed by atoms with Gasteiger partial charge in [0.25, 0.3) is 6.43 Å². The van der Waals surface area contributed by atoms with Crippen LogP contribution in [-0.2, 0) is 19.1 Å². The molecule has 0 aliphatic heterocycles. The number of rotatable bonds is 3. The number of hydrogen-bond acceptors (Lipinski definition) is 4. The van der Waals surface area contributed by atoms with Gasteiger partial charge in [0, 0.05) is 0 Å². The van der Waals surface area contributed by atoms with Crippen LogP contribution in [0, 0.1) is 5.41 Å². The Morgan fingerprint density at radius 3 is 1.75 bits per heavy atom. The molecular weight excluding hydrogens is 222 g/mol. The van der Waals surface area contributed by atoms with Crippen LogP contribution in [0.2, 0.25) is 0 Å². The smallest absolute Gasteiger partial charge is 0.329 e. The molecule has 16 heavy (non-hydrogen) atoms. The standard InChI is InChI=1S/C10H16F2O4/c1-9(2,3)16-8(14)10(4,6(11)12)7(13)15-5/h6H,1-5H3. The molecular formula is C10H16F2O4. The fraction of sp³-hybridized carbons (Fsp3) is 0.800. The molecule has 0 heterocycles. The Bertz CT molecular complexity index is 283. The first-order valence-electron chi connectivity index (χ1n) is 4.65. The topological polar surface area (TPSA) is 52.6 Å². The maximum absolute atomic E-state index is 12.7. The lowest BCUT2D eigenvalue weighted by atomic mass is 9.91. The van der Waals surface area contributed by atoms with Crippen molar-refractivity contribution in [2.75, 3.05) is 7.11 Å². The number of esters is 2. The lowest BCUT2D eigenvalue weighted by Gasteiger charge is -2.28. The molecule has 0 aliphatic carbocycles. The van der Waals surface area contributed by atoms with E-state index < -0.39 is 29.4 Å². The summed E-state index contributed by atoms with van der Waals surface area (Å²) in [6.45, 7) is 5.37. The number of ether oxygens (including phenoxy) is 2. The molecule has 0 N–H and O–H groups in total. The third-order valence-electron chi connectivity index (χ3n) is 1.87. The SMILES string of the molecule is COC(=O)C(C)(C(=O)OC(C)(C)C)C(F)F. The zero-order valence-corrected chi connectivity index (χ0v) is 9.97. The predicted molar refractivity (Wildman–Crippen MR) is 52.0 cm³/mol. The Morgan fingerprint density at radius 2 is 1.50 bits per heavy atom. The van der Waals surface area contributed by atoms with Gasteiger partial charge in [-0.1, -0.05) is 0 Å². The summed E-state index contributed by atoms with van der Waals surface area (Å²) in [5.41, 5.74) is -3.52. The average Bonchev–Trinajstić information content (AvgIpc) is 2.11. The molecule has 0 rings (SSSR count). The van der Waals surface area contributed by atoms with Crippen molar-refractivity contribution >= 4 is 11.9 Å². The van der Waals surface area contributed by atoms with Gasteiger partial charge in [0.05, 0.1) is 7.11 Å². The fourth-order valence-electron chi connectivity index (χ4n) is 0.858. The van der Waals surface area contributed by atoms with E-state index in [2.05, 4.69) is 4.74 Å². The molecule has 6 heteroatoms. The van der Waals surface area contributed by atoms with Crippen LogP contribution in [0.4, 0.5) is 8.78 Å². The molecule has 0 aromatic rings. The number of carbonyl (C=O) groups is 2. The molecule has 0 aliphatic rings. The molecule has 1 atom stereocenters. The molecule has 0 radical (unpaired) electrons. The second-order valence-corrected chi connectivity index (χ2v) is 4.50. The summed E-state index contributed by atoms with van der Waals surface area (Å²) in [7, 11) is 0.938. The molecule has 0 aromatic carbocycles. The number of alkyl halides is 2. The Kier molecular flexibility index (Phi) is 4.40. The highest BCUT2D eigenvalue weighted by molar-refractivity contribution is 6.00. The van der Waals surface area contributed by atoms with Gasteiger partial charge in [0.15, 0.2) is 0 Å². The van der Waals surface area contributed by atoms with Gasteiger partial charge in [0.2, 0.25) is 5.41 Å². The minimum Gasteiger partial charge on any atom is -0.468 e. The first-order valence-corrected chi connectivity index (χ1v) is 4.65. The Balaban J connectivity index is 5.08. The molecule has 0 fully saturated rings. The molecule has 1 unspecified atom stereocenters. The zero-order valence-electron chi connectivity index (χ0n) is 9.97. The van der Waals surface area contributed by atoms with E-state index in [1.807, 2.05) is 0 Å². The van der Waals surface area contributed by atoms with E-state index in [1.165, 1.54) is 20.8 Å². The summed E-state index contributed by atoms with van der Waals surface area (Å²) in [5, 5.41) is 0. The first-order chi connectivity index (χ1) is 7.05. The summed E-state index contributed by atoms with van der Waals surface area (Å²) in [5.74, 6) is -2.60. The lowest BCUT2D eigenvalue weighted by molar-refractivity contribution is -0.187. The molecule has 0 saturated heterocycles. The summed E-state index contributed by atoms with van der Waals surface area (Å²) in [4.78, 5) is 22.7. The fourth-order valence-corrected chi connectivity index (χ4v) is 0.858. The molecule has 0 saturated carbocycles. The van der Waals surface area contributed by atoms with Crippen LogP contribution < -0.4 is 0 Å². The predicted octanol–water partition coefficient (Wildman–Crippen LogP) is 1.77. The molecule has 94 valence electrons. The summed E-state index contributed by atoms with van der Waals surface area (Å²) >= 11 is 0. The normalized spacial score (nSPS) is 15.5. The monoisotopic (exact) mass is 238 g/mol.